The molecule has 0 saturated heterocycles. The normalized spacial score (nSPS) is 11.0. The molecular formula is C17H20BrFN2. The molecule has 0 fully saturated rings. The van der Waals surface area contributed by atoms with Crippen LogP contribution in [0.1, 0.15) is 0 Å². The Kier molecular flexibility index (Phi) is 5.37. The minimum absolute atomic E-state index is 0.210. The fraction of sp³-hybridized carbons (Fsp3) is 0.294. The highest BCUT2D eigenvalue weighted by Gasteiger charge is 2.12. The van der Waals surface area contributed by atoms with Gasteiger partial charge in [-0.25, -0.2) is 4.39 Å². The van der Waals surface area contributed by atoms with Crippen molar-refractivity contribution < 1.29 is 4.39 Å². The SMILES string of the molecule is CN(C)CCN(C)c1ccccc1-c1ccc(Br)cc1F. The Balaban J connectivity index is 2.36. The molecule has 0 radical (unpaired) electrons. The lowest BCUT2D eigenvalue weighted by Crippen LogP contribution is -2.28. The van der Waals surface area contributed by atoms with Gasteiger partial charge in [-0.3, -0.25) is 0 Å². The fourth-order valence-corrected chi connectivity index (χ4v) is 2.55. The zero-order valence-corrected chi connectivity index (χ0v) is 14.2. The van der Waals surface area contributed by atoms with Crippen molar-refractivity contribution in [1.82, 2.24) is 4.90 Å². The number of halogens is 2. The van der Waals surface area contributed by atoms with Crippen molar-refractivity contribution in [3.63, 3.8) is 0 Å². The minimum Gasteiger partial charge on any atom is -0.373 e. The summed E-state index contributed by atoms with van der Waals surface area (Å²) in [7, 11) is 6.14. The summed E-state index contributed by atoms with van der Waals surface area (Å²) in [6.07, 6.45) is 0. The smallest absolute Gasteiger partial charge is 0.132 e. The monoisotopic (exact) mass is 350 g/mol. The number of nitrogens with zero attached hydrogens (tertiary/aromatic N) is 2. The van der Waals surface area contributed by atoms with Gasteiger partial charge in [0.25, 0.3) is 0 Å². The second-order valence-corrected chi connectivity index (χ2v) is 6.28. The average molecular weight is 351 g/mol. The van der Waals surface area contributed by atoms with E-state index in [0.29, 0.717) is 5.56 Å². The summed E-state index contributed by atoms with van der Waals surface area (Å²) >= 11 is 3.30. The molecule has 0 N–H and O–H groups in total. The molecule has 0 bridgehead atoms. The Morgan fingerprint density at radius 2 is 1.67 bits per heavy atom. The van der Waals surface area contributed by atoms with E-state index in [1.165, 1.54) is 6.07 Å². The summed E-state index contributed by atoms with van der Waals surface area (Å²) in [5.74, 6) is -0.210. The van der Waals surface area contributed by atoms with Crippen LogP contribution < -0.4 is 4.90 Å². The Hall–Kier alpha value is -1.39. The number of rotatable bonds is 5. The standard InChI is InChI=1S/C17H20BrFN2/c1-20(2)10-11-21(3)17-7-5-4-6-15(17)14-9-8-13(18)12-16(14)19/h4-9,12H,10-11H2,1-3H3. The van der Waals surface area contributed by atoms with Crippen LogP contribution in [-0.4, -0.2) is 39.1 Å². The van der Waals surface area contributed by atoms with Crippen LogP contribution in [0.25, 0.3) is 11.1 Å². The predicted molar refractivity (Wildman–Crippen MR) is 91.4 cm³/mol. The summed E-state index contributed by atoms with van der Waals surface area (Å²) < 4.78 is 15.0. The van der Waals surface area contributed by atoms with Crippen LogP contribution in [0.5, 0.6) is 0 Å². The molecule has 0 spiro atoms. The zero-order valence-electron chi connectivity index (χ0n) is 12.6. The molecule has 2 rings (SSSR count). The molecule has 112 valence electrons. The second-order valence-electron chi connectivity index (χ2n) is 5.37. The van der Waals surface area contributed by atoms with Gasteiger partial charge in [-0.2, -0.15) is 0 Å². The Morgan fingerprint density at radius 3 is 2.33 bits per heavy atom. The van der Waals surface area contributed by atoms with Crippen LogP contribution >= 0.6 is 15.9 Å². The van der Waals surface area contributed by atoms with E-state index in [2.05, 4.69) is 25.7 Å². The van der Waals surface area contributed by atoms with Gasteiger partial charge in [0.2, 0.25) is 0 Å². The van der Waals surface area contributed by atoms with Gasteiger partial charge in [0.15, 0.2) is 0 Å². The van der Waals surface area contributed by atoms with Crippen molar-refractivity contribution in [3.8, 4) is 11.1 Å². The first-order valence-corrected chi connectivity index (χ1v) is 7.68. The fourth-order valence-electron chi connectivity index (χ4n) is 2.21. The van der Waals surface area contributed by atoms with Crippen molar-refractivity contribution in [1.29, 1.82) is 0 Å². The van der Waals surface area contributed by atoms with E-state index in [0.717, 1.165) is 28.8 Å². The maximum Gasteiger partial charge on any atom is 0.132 e. The topological polar surface area (TPSA) is 6.48 Å². The van der Waals surface area contributed by atoms with Crippen molar-refractivity contribution in [2.45, 2.75) is 0 Å². The Labute approximate surface area is 134 Å². The molecule has 0 unspecified atom stereocenters. The third-order valence-electron chi connectivity index (χ3n) is 3.42. The number of benzene rings is 2. The molecule has 0 atom stereocenters. The number of likely N-dealkylation sites (N-methyl/N-ethyl adjacent to an activating group) is 2. The third kappa shape index (κ3) is 4.05. The van der Waals surface area contributed by atoms with Gasteiger partial charge in [0.1, 0.15) is 5.82 Å². The quantitative estimate of drug-likeness (QED) is 0.795. The molecule has 0 heterocycles. The predicted octanol–water partition coefficient (Wildman–Crippen LogP) is 4.25. The molecule has 0 aliphatic rings. The molecule has 0 saturated carbocycles. The number of para-hydroxylation sites is 1. The van der Waals surface area contributed by atoms with E-state index in [4.69, 9.17) is 0 Å². The average Bonchev–Trinajstić information content (AvgIpc) is 2.45. The van der Waals surface area contributed by atoms with Gasteiger partial charge < -0.3 is 9.80 Å². The van der Waals surface area contributed by atoms with E-state index in [1.54, 1.807) is 0 Å². The van der Waals surface area contributed by atoms with Gasteiger partial charge >= 0.3 is 0 Å². The third-order valence-corrected chi connectivity index (χ3v) is 3.91. The first-order chi connectivity index (χ1) is 9.99. The highest BCUT2D eigenvalue weighted by molar-refractivity contribution is 9.10. The molecule has 2 aromatic carbocycles. The molecule has 2 aromatic rings. The maximum absolute atomic E-state index is 14.2. The summed E-state index contributed by atoms with van der Waals surface area (Å²) in [6, 6.07) is 13.1. The van der Waals surface area contributed by atoms with Crippen LogP contribution in [0, 0.1) is 5.82 Å². The van der Waals surface area contributed by atoms with Gasteiger partial charge in [0, 0.05) is 41.4 Å². The molecule has 0 amide bonds. The van der Waals surface area contributed by atoms with Crippen LogP contribution in [0.15, 0.2) is 46.9 Å². The summed E-state index contributed by atoms with van der Waals surface area (Å²) in [4.78, 5) is 4.30. The first-order valence-electron chi connectivity index (χ1n) is 6.89. The number of hydrogen-bond donors (Lipinski definition) is 0. The van der Waals surface area contributed by atoms with E-state index in [-0.39, 0.29) is 5.82 Å². The lowest BCUT2D eigenvalue weighted by Gasteiger charge is -2.24. The minimum atomic E-state index is -0.210. The molecule has 0 aliphatic carbocycles. The number of anilines is 1. The highest BCUT2D eigenvalue weighted by atomic mass is 79.9. The Bertz CT molecular complexity index is 613. The van der Waals surface area contributed by atoms with Crippen LogP contribution in [-0.2, 0) is 0 Å². The van der Waals surface area contributed by atoms with Crippen molar-refractivity contribution in [2.75, 3.05) is 39.1 Å². The van der Waals surface area contributed by atoms with Gasteiger partial charge in [-0.1, -0.05) is 40.2 Å². The maximum atomic E-state index is 14.2. The van der Waals surface area contributed by atoms with E-state index >= 15 is 0 Å². The van der Waals surface area contributed by atoms with Crippen molar-refractivity contribution >= 4 is 21.6 Å². The molecule has 0 aliphatic heterocycles. The second kappa shape index (κ2) is 7.05. The first kappa shape index (κ1) is 16.0. The zero-order chi connectivity index (χ0) is 15.4. The van der Waals surface area contributed by atoms with Crippen molar-refractivity contribution in [2.24, 2.45) is 0 Å². The largest absolute Gasteiger partial charge is 0.373 e. The molecular weight excluding hydrogens is 331 g/mol. The van der Waals surface area contributed by atoms with E-state index in [1.807, 2.05) is 57.5 Å². The summed E-state index contributed by atoms with van der Waals surface area (Å²) in [5.41, 5.74) is 2.59. The van der Waals surface area contributed by atoms with Gasteiger partial charge in [-0.15, -0.1) is 0 Å². The number of hydrogen-bond acceptors (Lipinski definition) is 2. The Morgan fingerprint density at radius 1 is 0.952 bits per heavy atom. The van der Waals surface area contributed by atoms with Gasteiger partial charge in [-0.05, 0) is 32.3 Å². The summed E-state index contributed by atoms with van der Waals surface area (Å²) in [6.45, 7) is 1.84. The lowest BCUT2D eigenvalue weighted by atomic mass is 10.0. The highest BCUT2D eigenvalue weighted by Crippen LogP contribution is 2.33. The van der Waals surface area contributed by atoms with Crippen LogP contribution in [0.2, 0.25) is 0 Å². The molecule has 2 nitrogen and oxygen atoms in total. The van der Waals surface area contributed by atoms with E-state index < -0.39 is 0 Å². The molecule has 0 aromatic heterocycles. The van der Waals surface area contributed by atoms with Crippen LogP contribution in [0.4, 0.5) is 10.1 Å². The summed E-state index contributed by atoms with van der Waals surface area (Å²) in [5, 5.41) is 0. The van der Waals surface area contributed by atoms with Crippen molar-refractivity contribution in [3.05, 3.63) is 52.8 Å². The van der Waals surface area contributed by atoms with Gasteiger partial charge in [0.05, 0.1) is 0 Å². The van der Waals surface area contributed by atoms with E-state index in [9.17, 15) is 4.39 Å². The molecule has 21 heavy (non-hydrogen) atoms. The lowest BCUT2D eigenvalue weighted by molar-refractivity contribution is 0.416. The van der Waals surface area contributed by atoms with Crippen LogP contribution in [0.3, 0.4) is 0 Å². The molecule has 4 heteroatoms.